The van der Waals surface area contributed by atoms with Gasteiger partial charge < -0.3 is 16.0 Å². The highest BCUT2D eigenvalue weighted by Crippen LogP contribution is 2.09. The topological polar surface area (TPSA) is 100 Å². The minimum Gasteiger partial charge on any atom is -0.356 e. The van der Waals surface area contributed by atoms with E-state index >= 15 is 0 Å². The number of nitrogens with one attached hydrogen (secondary N) is 3. The Labute approximate surface area is 352 Å². The van der Waals surface area contributed by atoms with Crippen molar-refractivity contribution < 1.29 is 14.4 Å². The molecular formula is C51H74N4O3. The first-order valence-electron chi connectivity index (χ1n) is 21.8. The molecule has 0 spiro atoms. The molecule has 0 aliphatic carbocycles. The van der Waals surface area contributed by atoms with Crippen molar-refractivity contribution in [2.75, 3.05) is 11.9 Å². The Morgan fingerprint density at radius 2 is 0.914 bits per heavy atom. The lowest BCUT2D eigenvalue weighted by Gasteiger charge is -2.18. The van der Waals surface area contributed by atoms with E-state index in [4.69, 9.17) is 0 Å². The van der Waals surface area contributed by atoms with Crippen molar-refractivity contribution in [3.8, 4) is 0 Å². The van der Waals surface area contributed by atoms with Crippen LogP contribution in [0.1, 0.15) is 136 Å². The summed E-state index contributed by atoms with van der Waals surface area (Å²) < 4.78 is 0. The predicted octanol–water partition coefficient (Wildman–Crippen LogP) is 12.6. The van der Waals surface area contributed by atoms with Crippen LogP contribution in [-0.2, 0) is 14.4 Å². The molecule has 1 heterocycles. The number of amides is 3. The van der Waals surface area contributed by atoms with Crippen LogP contribution in [0.5, 0.6) is 0 Å². The van der Waals surface area contributed by atoms with Gasteiger partial charge in [-0.1, -0.05) is 135 Å². The first kappa shape index (κ1) is 51.0. The van der Waals surface area contributed by atoms with Crippen LogP contribution < -0.4 is 16.0 Å². The number of nitrogens with zero attached hydrogens (tertiary/aromatic N) is 1. The summed E-state index contributed by atoms with van der Waals surface area (Å²) in [6, 6.07) is 2.78. The Morgan fingerprint density at radius 1 is 0.517 bits per heavy atom. The molecule has 0 radical (unpaired) electrons. The highest BCUT2D eigenvalue weighted by atomic mass is 16.2. The minimum atomic E-state index is -0.659. The standard InChI is InChI=1S/C51H74N4O3/c1-3-5-7-9-11-13-15-17-19-21-23-25-27-29-31-33-35-40-49(56)53-44-38-37-39-48(51(58)54-47-42-45-52-46-43-47)55-50(57)41-36-34-32-30-28-26-24-22-20-18-16-14-12-10-8-6-4-2/h5-8,11-14,17-20,23-26,29-32,42-43,45-46,48H,3-4,9-10,15-16,21-22,27-28,33-41,44H2,1-2H3,(H,53,56)(H,55,57)(H,52,54,58)/t48-/m0/s1. The first-order valence-corrected chi connectivity index (χ1v) is 21.8. The number of pyridine rings is 1. The average molecular weight is 791 g/mol. The summed E-state index contributed by atoms with van der Waals surface area (Å²) in [6.45, 7) is 4.83. The molecule has 1 rings (SSSR count). The molecule has 1 atom stereocenters. The van der Waals surface area contributed by atoms with E-state index in [0.717, 1.165) is 89.9 Å². The van der Waals surface area contributed by atoms with Crippen LogP contribution in [0.4, 0.5) is 5.69 Å². The number of unbranched alkanes of at least 4 members (excludes halogenated alkanes) is 3. The van der Waals surface area contributed by atoms with Gasteiger partial charge in [-0.15, -0.1) is 0 Å². The Kier molecular flexibility index (Phi) is 35.3. The fourth-order valence-corrected chi connectivity index (χ4v) is 5.49. The molecule has 1 aromatic heterocycles. The average Bonchev–Trinajstić information content (AvgIpc) is 3.22. The summed E-state index contributed by atoms with van der Waals surface area (Å²) in [4.78, 5) is 42.3. The molecule has 0 bridgehead atoms. The number of carbonyl (C=O) groups is 3. The molecule has 0 aliphatic heterocycles. The Balaban J connectivity index is 2.27. The van der Waals surface area contributed by atoms with Gasteiger partial charge in [-0.2, -0.15) is 0 Å². The zero-order chi connectivity index (χ0) is 41.8. The molecule has 0 fully saturated rings. The minimum absolute atomic E-state index is 0.0418. The van der Waals surface area contributed by atoms with Gasteiger partial charge in [-0.25, -0.2) is 0 Å². The molecule has 0 saturated carbocycles. The lowest BCUT2D eigenvalue weighted by molar-refractivity contribution is -0.126. The molecule has 316 valence electrons. The number of hydrogen-bond acceptors (Lipinski definition) is 4. The Hall–Kier alpha value is -5.04. The Bertz CT molecular complexity index is 1490. The molecule has 3 amide bonds. The molecule has 0 unspecified atom stereocenters. The van der Waals surface area contributed by atoms with Crippen LogP contribution >= 0.6 is 0 Å². The smallest absolute Gasteiger partial charge is 0.246 e. The highest BCUT2D eigenvalue weighted by molar-refractivity contribution is 5.97. The third-order valence-corrected chi connectivity index (χ3v) is 8.71. The van der Waals surface area contributed by atoms with Crippen molar-refractivity contribution in [1.82, 2.24) is 15.6 Å². The molecule has 1 aromatic rings. The van der Waals surface area contributed by atoms with E-state index in [0.29, 0.717) is 44.3 Å². The predicted molar refractivity (Wildman–Crippen MR) is 248 cm³/mol. The van der Waals surface area contributed by atoms with E-state index in [1.54, 1.807) is 24.5 Å². The molecule has 0 saturated heterocycles. The van der Waals surface area contributed by atoms with Gasteiger partial charge in [0, 0.05) is 37.5 Å². The summed E-state index contributed by atoms with van der Waals surface area (Å²) in [5, 5.41) is 8.83. The maximum Gasteiger partial charge on any atom is 0.246 e. The third kappa shape index (κ3) is 34.2. The van der Waals surface area contributed by atoms with Gasteiger partial charge in [-0.05, 0) is 121 Å². The van der Waals surface area contributed by atoms with E-state index in [2.05, 4.69) is 156 Å². The Morgan fingerprint density at radius 3 is 1.34 bits per heavy atom. The number of rotatable bonds is 34. The molecule has 7 heteroatoms. The molecule has 0 aromatic carbocycles. The van der Waals surface area contributed by atoms with Crippen molar-refractivity contribution in [2.45, 2.75) is 142 Å². The van der Waals surface area contributed by atoms with Crippen LogP contribution in [0.3, 0.4) is 0 Å². The molecule has 58 heavy (non-hydrogen) atoms. The van der Waals surface area contributed by atoms with Gasteiger partial charge in [-0.3, -0.25) is 19.4 Å². The van der Waals surface area contributed by atoms with Gasteiger partial charge >= 0.3 is 0 Å². The molecule has 0 aliphatic rings. The maximum atomic E-state index is 13.1. The normalized spacial score (nSPS) is 13.1. The lowest BCUT2D eigenvalue weighted by Crippen LogP contribution is -2.43. The van der Waals surface area contributed by atoms with Crippen molar-refractivity contribution >= 4 is 23.4 Å². The lowest BCUT2D eigenvalue weighted by atomic mass is 10.1. The number of allylic oxidation sites excluding steroid dienone is 20. The number of carbonyl (C=O) groups excluding carboxylic acids is 3. The third-order valence-electron chi connectivity index (χ3n) is 8.71. The SMILES string of the molecule is CCC=CCC=CCC=CCC=CCC=CCCCC(=O)NCCCC[C@H](NC(=O)CCCC=CCC=CCC=CCC=CCC=CCC)C(=O)Nc1ccncc1. The monoisotopic (exact) mass is 791 g/mol. The number of hydrogen-bond donors (Lipinski definition) is 3. The van der Waals surface area contributed by atoms with Crippen molar-refractivity contribution in [1.29, 1.82) is 0 Å². The summed E-state index contributed by atoms with van der Waals surface area (Å²) in [5.74, 6) is -0.348. The van der Waals surface area contributed by atoms with Crippen LogP contribution in [0.15, 0.2) is 146 Å². The molecular weight excluding hydrogens is 717 g/mol. The van der Waals surface area contributed by atoms with Gasteiger partial charge in [0.2, 0.25) is 17.7 Å². The van der Waals surface area contributed by atoms with Crippen LogP contribution in [0.2, 0.25) is 0 Å². The van der Waals surface area contributed by atoms with Crippen LogP contribution in [-0.4, -0.2) is 35.3 Å². The zero-order valence-corrected chi connectivity index (χ0v) is 35.7. The van der Waals surface area contributed by atoms with Gasteiger partial charge in [0.25, 0.3) is 0 Å². The second kappa shape index (κ2) is 40.2. The van der Waals surface area contributed by atoms with Crippen LogP contribution in [0, 0.1) is 0 Å². The molecule has 3 N–H and O–H groups in total. The quantitative estimate of drug-likeness (QED) is 0.0478. The van der Waals surface area contributed by atoms with E-state index in [1.807, 2.05) is 0 Å². The van der Waals surface area contributed by atoms with Crippen molar-refractivity contribution in [2.24, 2.45) is 0 Å². The van der Waals surface area contributed by atoms with Gasteiger partial charge in [0.15, 0.2) is 0 Å². The maximum absolute atomic E-state index is 13.1. The zero-order valence-electron chi connectivity index (χ0n) is 35.7. The summed E-state index contributed by atoms with van der Waals surface area (Å²) >= 11 is 0. The fraction of sp³-hybridized carbons (Fsp3) is 0.451. The van der Waals surface area contributed by atoms with E-state index < -0.39 is 6.04 Å². The molecule has 7 nitrogen and oxygen atoms in total. The first-order chi connectivity index (χ1) is 28.6. The largest absolute Gasteiger partial charge is 0.356 e. The highest BCUT2D eigenvalue weighted by Gasteiger charge is 2.20. The van der Waals surface area contributed by atoms with E-state index in [1.165, 1.54) is 0 Å². The van der Waals surface area contributed by atoms with E-state index in [9.17, 15) is 14.4 Å². The van der Waals surface area contributed by atoms with Gasteiger partial charge in [0.1, 0.15) is 6.04 Å². The summed E-state index contributed by atoms with van der Waals surface area (Å²) in [7, 11) is 0. The van der Waals surface area contributed by atoms with Crippen LogP contribution in [0.25, 0.3) is 0 Å². The number of anilines is 1. The second-order valence-electron chi connectivity index (χ2n) is 13.9. The second-order valence-corrected chi connectivity index (χ2v) is 13.9. The van der Waals surface area contributed by atoms with Crippen molar-refractivity contribution in [3.63, 3.8) is 0 Å². The fourth-order valence-electron chi connectivity index (χ4n) is 5.49. The summed E-state index contributed by atoms with van der Waals surface area (Å²) in [6.07, 6.45) is 62.5. The van der Waals surface area contributed by atoms with Crippen molar-refractivity contribution in [3.05, 3.63) is 146 Å². The van der Waals surface area contributed by atoms with Gasteiger partial charge in [0.05, 0.1) is 0 Å². The summed E-state index contributed by atoms with van der Waals surface area (Å²) in [5.41, 5.74) is 0.634. The van der Waals surface area contributed by atoms with E-state index in [-0.39, 0.29) is 17.7 Å². The number of aromatic nitrogens is 1.